The number of nitrogens with zero attached hydrogens (tertiary/aromatic N) is 2. The number of pyridine rings is 1. The smallest absolute Gasteiger partial charge is 0.150 e. The van der Waals surface area contributed by atoms with Crippen LogP contribution in [0.5, 0.6) is 0 Å². The first-order valence-corrected chi connectivity index (χ1v) is 4.66. The van der Waals surface area contributed by atoms with E-state index in [1.807, 2.05) is 6.07 Å². The molecule has 0 spiro atoms. The van der Waals surface area contributed by atoms with E-state index in [2.05, 4.69) is 4.98 Å². The molecule has 4 heteroatoms. The molecule has 0 bridgehead atoms. The Kier molecular flexibility index (Phi) is 2.29. The first-order valence-electron chi connectivity index (χ1n) is 4.28. The second-order valence-corrected chi connectivity index (χ2v) is 3.62. The van der Waals surface area contributed by atoms with Crippen molar-refractivity contribution in [3.8, 4) is 6.07 Å². The lowest BCUT2D eigenvalue weighted by atomic mass is 10.1. The third-order valence-electron chi connectivity index (χ3n) is 2.07. The van der Waals surface area contributed by atoms with Crippen LogP contribution in [0.25, 0.3) is 10.9 Å². The normalized spacial score (nSPS) is 10.3. The maximum atomic E-state index is 13.5. The fourth-order valence-corrected chi connectivity index (χ4v) is 1.73. The van der Waals surface area contributed by atoms with Crippen molar-refractivity contribution in [1.82, 2.24) is 4.98 Å². The molecule has 0 unspecified atom stereocenters. The Bertz CT molecular complexity index is 587. The quantitative estimate of drug-likeness (QED) is 0.684. The van der Waals surface area contributed by atoms with Gasteiger partial charge in [0.2, 0.25) is 0 Å². The van der Waals surface area contributed by atoms with Crippen LogP contribution in [0.1, 0.15) is 11.3 Å². The Morgan fingerprint density at radius 3 is 2.80 bits per heavy atom. The van der Waals surface area contributed by atoms with Crippen LogP contribution in [-0.4, -0.2) is 4.98 Å². The van der Waals surface area contributed by atoms with Crippen molar-refractivity contribution in [2.45, 2.75) is 6.92 Å². The van der Waals surface area contributed by atoms with Crippen LogP contribution < -0.4 is 0 Å². The number of benzene rings is 1. The highest BCUT2D eigenvalue weighted by atomic mass is 35.5. The Labute approximate surface area is 90.9 Å². The molecule has 0 N–H and O–H groups in total. The second-order valence-electron chi connectivity index (χ2n) is 3.21. The van der Waals surface area contributed by atoms with E-state index in [1.54, 1.807) is 13.0 Å². The minimum atomic E-state index is -0.519. The summed E-state index contributed by atoms with van der Waals surface area (Å²) < 4.78 is 13.5. The third-order valence-corrected chi connectivity index (χ3v) is 2.39. The fraction of sp³-hybridized carbons (Fsp3) is 0.0909. The van der Waals surface area contributed by atoms with Crippen molar-refractivity contribution >= 4 is 22.5 Å². The average molecular weight is 221 g/mol. The van der Waals surface area contributed by atoms with Crippen molar-refractivity contribution in [2.75, 3.05) is 0 Å². The lowest BCUT2D eigenvalue weighted by Gasteiger charge is -2.03. The van der Waals surface area contributed by atoms with Gasteiger partial charge >= 0.3 is 0 Å². The number of aryl methyl sites for hydroxylation is 1. The molecular weight excluding hydrogens is 215 g/mol. The maximum absolute atomic E-state index is 13.5. The van der Waals surface area contributed by atoms with Gasteiger partial charge in [0.1, 0.15) is 5.52 Å². The maximum Gasteiger partial charge on any atom is 0.150 e. The molecule has 15 heavy (non-hydrogen) atoms. The van der Waals surface area contributed by atoms with Gasteiger partial charge in [-0.25, -0.2) is 9.37 Å². The predicted molar refractivity (Wildman–Crippen MR) is 56.2 cm³/mol. The number of nitriles is 1. The average Bonchev–Trinajstić information content (AvgIpc) is 2.19. The van der Waals surface area contributed by atoms with Crippen molar-refractivity contribution in [3.05, 3.63) is 40.3 Å². The summed E-state index contributed by atoms with van der Waals surface area (Å²) in [6.45, 7) is 1.74. The number of hydrogen-bond donors (Lipinski definition) is 0. The molecule has 1 aromatic carbocycles. The van der Waals surface area contributed by atoms with Crippen LogP contribution in [0.4, 0.5) is 4.39 Å². The highest BCUT2D eigenvalue weighted by Crippen LogP contribution is 2.26. The van der Waals surface area contributed by atoms with Crippen molar-refractivity contribution in [1.29, 1.82) is 5.26 Å². The van der Waals surface area contributed by atoms with E-state index in [4.69, 9.17) is 16.9 Å². The van der Waals surface area contributed by atoms with Crippen LogP contribution >= 0.6 is 11.6 Å². The molecule has 0 amide bonds. The van der Waals surface area contributed by atoms with E-state index >= 15 is 0 Å². The molecule has 1 aromatic heterocycles. The SMILES string of the molecule is Cc1cc(Cl)c2cc(C#N)cc(F)c2n1. The largest absolute Gasteiger partial charge is 0.250 e. The van der Waals surface area contributed by atoms with Gasteiger partial charge in [-0.05, 0) is 25.1 Å². The Hall–Kier alpha value is -1.66. The number of halogens is 2. The monoisotopic (exact) mass is 220 g/mol. The molecule has 0 aliphatic carbocycles. The number of rotatable bonds is 0. The van der Waals surface area contributed by atoms with Gasteiger partial charge in [0, 0.05) is 11.1 Å². The zero-order valence-corrected chi connectivity index (χ0v) is 8.64. The highest BCUT2D eigenvalue weighted by molar-refractivity contribution is 6.35. The van der Waals surface area contributed by atoms with E-state index in [-0.39, 0.29) is 11.1 Å². The predicted octanol–water partition coefficient (Wildman–Crippen LogP) is 3.21. The molecular formula is C11H6ClFN2. The highest BCUT2D eigenvalue weighted by Gasteiger charge is 2.08. The van der Waals surface area contributed by atoms with Gasteiger partial charge in [0.25, 0.3) is 0 Å². The molecule has 0 saturated heterocycles. The summed E-state index contributed by atoms with van der Waals surface area (Å²) in [5, 5.41) is 9.57. The van der Waals surface area contributed by atoms with Gasteiger partial charge in [-0.3, -0.25) is 0 Å². The summed E-state index contributed by atoms with van der Waals surface area (Å²) in [5.41, 5.74) is 1.10. The summed E-state index contributed by atoms with van der Waals surface area (Å²) in [6, 6.07) is 6.21. The summed E-state index contributed by atoms with van der Waals surface area (Å²) in [5.74, 6) is -0.519. The first kappa shape index (κ1) is 9.88. The third kappa shape index (κ3) is 1.64. The summed E-state index contributed by atoms with van der Waals surface area (Å²) in [4.78, 5) is 4.04. The number of fused-ring (bicyclic) bond motifs is 1. The van der Waals surface area contributed by atoms with Crippen molar-refractivity contribution in [3.63, 3.8) is 0 Å². The van der Waals surface area contributed by atoms with Gasteiger partial charge in [-0.1, -0.05) is 11.6 Å². The molecule has 0 fully saturated rings. The lowest BCUT2D eigenvalue weighted by molar-refractivity contribution is 0.636. The van der Waals surface area contributed by atoms with Gasteiger partial charge in [0.05, 0.1) is 16.7 Å². The molecule has 0 aliphatic rings. The van der Waals surface area contributed by atoms with Crippen LogP contribution in [-0.2, 0) is 0 Å². The molecule has 0 radical (unpaired) electrons. The van der Waals surface area contributed by atoms with Crippen LogP contribution in [0, 0.1) is 24.1 Å². The van der Waals surface area contributed by atoms with Crippen molar-refractivity contribution in [2.24, 2.45) is 0 Å². The standard InChI is InChI=1S/C11H6ClFN2/c1-6-2-9(12)8-3-7(5-14)4-10(13)11(8)15-6/h2-4H,1H3. The molecule has 1 heterocycles. The summed E-state index contributed by atoms with van der Waals surface area (Å²) in [6.07, 6.45) is 0. The molecule has 2 rings (SSSR count). The Balaban J connectivity index is 2.93. The zero-order chi connectivity index (χ0) is 11.0. The summed E-state index contributed by atoms with van der Waals surface area (Å²) >= 11 is 5.95. The first-order chi connectivity index (χ1) is 7.11. The van der Waals surface area contributed by atoms with Crippen LogP contribution in [0.2, 0.25) is 5.02 Å². The Morgan fingerprint density at radius 1 is 1.40 bits per heavy atom. The number of aromatic nitrogens is 1. The van der Waals surface area contributed by atoms with Crippen molar-refractivity contribution < 1.29 is 4.39 Å². The molecule has 74 valence electrons. The molecule has 2 aromatic rings. The van der Waals surface area contributed by atoms with Gasteiger partial charge in [-0.15, -0.1) is 0 Å². The van der Waals surface area contributed by atoms with Gasteiger partial charge in [0.15, 0.2) is 5.82 Å². The molecule has 0 aliphatic heterocycles. The second kappa shape index (κ2) is 3.48. The van der Waals surface area contributed by atoms with E-state index in [9.17, 15) is 4.39 Å². The minimum Gasteiger partial charge on any atom is -0.250 e. The molecule has 0 atom stereocenters. The van der Waals surface area contributed by atoms with Crippen LogP contribution in [0.3, 0.4) is 0 Å². The zero-order valence-electron chi connectivity index (χ0n) is 7.88. The molecule has 2 nitrogen and oxygen atoms in total. The van der Waals surface area contributed by atoms with E-state index < -0.39 is 5.82 Å². The Morgan fingerprint density at radius 2 is 2.13 bits per heavy atom. The van der Waals surface area contributed by atoms with Gasteiger partial charge in [-0.2, -0.15) is 5.26 Å². The van der Waals surface area contributed by atoms with Gasteiger partial charge < -0.3 is 0 Å². The molecule has 0 saturated carbocycles. The number of hydrogen-bond acceptors (Lipinski definition) is 2. The van der Waals surface area contributed by atoms with Crippen LogP contribution in [0.15, 0.2) is 18.2 Å². The fourth-order valence-electron chi connectivity index (χ4n) is 1.43. The van der Waals surface area contributed by atoms with E-state index in [1.165, 1.54) is 6.07 Å². The minimum absolute atomic E-state index is 0.207. The summed E-state index contributed by atoms with van der Waals surface area (Å²) in [7, 11) is 0. The van der Waals surface area contributed by atoms with E-state index in [0.29, 0.717) is 16.1 Å². The topological polar surface area (TPSA) is 36.7 Å². The van der Waals surface area contributed by atoms with E-state index in [0.717, 1.165) is 6.07 Å². The lowest BCUT2D eigenvalue weighted by Crippen LogP contribution is -1.90.